The van der Waals surface area contributed by atoms with Gasteiger partial charge in [-0.15, -0.1) is 0 Å². The predicted molar refractivity (Wildman–Crippen MR) is 124 cm³/mol. The Morgan fingerprint density at radius 1 is 1.32 bits per heavy atom. The third-order valence-electron chi connectivity index (χ3n) is 5.44. The Morgan fingerprint density at radius 3 is 2.74 bits per heavy atom. The number of unbranched alkanes of at least 4 members (excludes halogenated alkanes) is 1. The van der Waals surface area contributed by atoms with Gasteiger partial charge in [-0.1, -0.05) is 0 Å². The van der Waals surface area contributed by atoms with E-state index in [9.17, 15) is 23.5 Å². The Labute approximate surface area is 200 Å². The Kier molecular flexibility index (Phi) is 9.13. The van der Waals surface area contributed by atoms with Gasteiger partial charge >= 0.3 is 6.03 Å². The van der Waals surface area contributed by atoms with Crippen LogP contribution in [0.5, 0.6) is 5.88 Å². The number of β-amino-alcohol motifs (C(OH)–C–C–N with tert-alkyl or cyclic N) is 1. The highest BCUT2D eigenvalue weighted by molar-refractivity contribution is 7.11. The number of aromatic nitrogens is 1. The maximum absolute atomic E-state index is 14.0. The summed E-state index contributed by atoms with van der Waals surface area (Å²) in [4.78, 5) is 26.3. The van der Waals surface area contributed by atoms with E-state index in [1.807, 2.05) is 0 Å². The number of aliphatic hydroxyl groups excluding tert-OH is 1. The molecule has 1 unspecified atom stereocenters. The first-order chi connectivity index (χ1) is 16.2. The second kappa shape index (κ2) is 12.0. The summed E-state index contributed by atoms with van der Waals surface area (Å²) < 4.78 is 37.4. The van der Waals surface area contributed by atoms with Crippen LogP contribution in [0.25, 0.3) is 0 Å². The van der Waals surface area contributed by atoms with E-state index in [0.717, 1.165) is 50.3 Å². The van der Waals surface area contributed by atoms with Gasteiger partial charge in [-0.25, -0.2) is 13.6 Å². The number of ether oxygens (including phenoxy) is 1. The van der Waals surface area contributed by atoms with E-state index in [-0.39, 0.29) is 28.1 Å². The molecular formula is C22H29F2N5O4S. The molecule has 2 aromatic rings. The number of benzene rings is 1. The molecule has 1 atom stereocenters. The van der Waals surface area contributed by atoms with Gasteiger partial charge in [0.05, 0.1) is 11.7 Å². The van der Waals surface area contributed by atoms with Gasteiger partial charge in [-0.05, 0) is 74.9 Å². The van der Waals surface area contributed by atoms with E-state index in [2.05, 4.69) is 19.9 Å². The normalized spacial score (nSPS) is 16.3. The molecule has 9 nitrogen and oxygen atoms in total. The van der Waals surface area contributed by atoms with Crippen LogP contribution in [-0.2, 0) is 6.61 Å². The minimum atomic E-state index is -0.896. The Balaban J connectivity index is 1.49. The number of hydrogen-bond acceptors (Lipinski definition) is 7. The average molecular weight is 498 g/mol. The molecule has 34 heavy (non-hydrogen) atoms. The van der Waals surface area contributed by atoms with Gasteiger partial charge in [-0.2, -0.15) is 4.37 Å². The zero-order chi connectivity index (χ0) is 24.7. The first-order valence-corrected chi connectivity index (χ1v) is 11.8. The van der Waals surface area contributed by atoms with Crippen LogP contribution >= 0.6 is 11.5 Å². The number of hydrogen-bond donors (Lipinski definition) is 4. The van der Waals surface area contributed by atoms with Crippen molar-refractivity contribution in [1.29, 1.82) is 0 Å². The molecule has 3 rings (SSSR count). The van der Waals surface area contributed by atoms with E-state index < -0.39 is 30.2 Å². The molecule has 1 aromatic heterocycles. The molecule has 5 N–H and O–H groups in total. The number of carbonyl (C=O) groups is 2. The number of primary amides is 1. The lowest BCUT2D eigenvalue weighted by Crippen LogP contribution is -2.39. The van der Waals surface area contributed by atoms with Crippen LogP contribution in [0.4, 0.5) is 18.6 Å². The zero-order valence-corrected chi connectivity index (χ0v) is 19.7. The second-order valence-electron chi connectivity index (χ2n) is 8.24. The van der Waals surface area contributed by atoms with Crippen molar-refractivity contribution in [2.24, 2.45) is 5.73 Å². The number of rotatable bonds is 10. The van der Waals surface area contributed by atoms with Crippen LogP contribution in [0.1, 0.15) is 47.2 Å². The second-order valence-corrected chi connectivity index (χ2v) is 9.01. The molecule has 1 aromatic carbocycles. The molecule has 3 amide bonds. The summed E-state index contributed by atoms with van der Waals surface area (Å²) in [7, 11) is 0. The topological polar surface area (TPSA) is 130 Å². The monoisotopic (exact) mass is 497 g/mol. The minimum absolute atomic E-state index is 0.0761. The van der Waals surface area contributed by atoms with E-state index >= 15 is 0 Å². The summed E-state index contributed by atoms with van der Waals surface area (Å²) in [6.07, 6.45) is 3.17. The van der Waals surface area contributed by atoms with E-state index in [0.29, 0.717) is 18.7 Å². The van der Waals surface area contributed by atoms with Crippen molar-refractivity contribution < 1.29 is 28.2 Å². The number of nitrogens with two attached hydrogens (primary N) is 1. The lowest BCUT2D eigenvalue weighted by Gasteiger charge is -2.29. The van der Waals surface area contributed by atoms with Gasteiger partial charge in [0, 0.05) is 13.1 Å². The Bertz CT molecular complexity index is 996. The minimum Gasteiger partial charge on any atom is -0.471 e. The molecule has 186 valence electrons. The first-order valence-electron chi connectivity index (χ1n) is 11.1. The van der Waals surface area contributed by atoms with Crippen molar-refractivity contribution >= 4 is 28.5 Å². The molecule has 0 spiro atoms. The van der Waals surface area contributed by atoms with Crippen molar-refractivity contribution in [3.05, 3.63) is 40.5 Å². The maximum Gasteiger partial charge on any atom is 0.319 e. The van der Waals surface area contributed by atoms with Crippen LogP contribution in [0.3, 0.4) is 0 Å². The molecule has 1 aliphatic heterocycles. The van der Waals surface area contributed by atoms with Crippen molar-refractivity contribution in [2.45, 2.75) is 45.3 Å². The van der Waals surface area contributed by atoms with Crippen molar-refractivity contribution in [2.75, 3.05) is 31.5 Å². The lowest BCUT2D eigenvalue weighted by atomic mass is 10.1. The molecule has 12 heteroatoms. The molecule has 1 aliphatic rings. The molecule has 0 saturated carbocycles. The lowest BCUT2D eigenvalue weighted by molar-refractivity contribution is 0.0699. The fraction of sp³-hybridized carbons (Fsp3) is 0.500. The highest BCUT2D eigenvalue weighted by Gasteiger charge is 2.23. The van der Waals surface area contributed by atoms with Gasteiger partial charge in [-0.3, -0.25) is 10.1 Å². The third-order valence-corrected chi connectivity index (χ3v) is 6.19. The number of halogens is 2. The molecule has 2 heterocycles. The molecule has 0 aliphatic carbocycles. The number of amides is 3. The fourth-order valence-corrected chi connectivity index (χ4v) is 4.46. The van der Waals surface area contributed by atoms with Crippen LogP contribution in [-0.4, -0.2) is 58.6 Å². The standard InChI is InChI=1S/C22H29F2N5O4S/c1-13-9-16(23)15(17(24)10-13)12-33-20-18(19(25)31)21(34-28-20)27-22(32)26-6-2-3-7-29-8-4-5-14(30)11-29/h9-10,14,30H,2-8,11-12H2,1H3,(H2,25,31)(H2,26,27,32). The number of aryl methyl sites for hydroxylation is 1. The molecule has 0 radical (unpaired) electrons. The number of anilines is 1. The number of nitrogens with one attached hydrogen (secondary N) is 2. The van der Waals surface area contributed by atoms with Gasteiger partial charge in [0.25, 0.3) is 5.91 Å². The van der Waals surface area contributed by atoms with Gasteiger partial charge in [0.1, 0.15) is 28.8 Å². The summed E-state index contributed by atoms with van der Waals surface area (Å²) in [6.45, 7) is 3.99. The quantitative estimate of drug-likeness (QED) is 0.374. The number of piperidine rings is 1. The summed E-state index contributed by atoms with van der Waals surface area (Å²) in [6, 6.07) is 1.80. The number of nitrogens with zero attached hydrogens (tertiary/aromatic N) is 2. The van der Waals surface area contributed by atoms with Gasteiger partial charge < -0.3 is 25.8 Å². The first kappa shape index (κ1) is 25.8. The van der Waals surface area contributed by atoms with Gasteiger partial charge in [0.2, 0.25) is 5.88 Å². The molecule has 1 fully saturated rings. The summed E-state index contributed by atoms with van der Waals surface area (Å²) in [5.74, 6) is -2.66. The van der Waals surface area contributed by atoms with Crippen LogP contribution in [0.2, 0.25) is 0 Å². The maximum atomic E-state index is 14.0. The van der Waals surface area contributed by atoms with Crippen molar-refractivity contribution in [1.82, 2.24) is 14.6 Å². The number of carbonyl (C=O) groups excluding carboxylic acids is 2. The van der Waals surface area contributed by atoms with Crippen molar-refractivity contribution in [3.63, 3.8) is 0 Å². The van der Waals surface area contributed by atoms with E-state index in [1.165, 1.54) is 12.1 Å². The van der Waals surface area contributed by atoms with Crippen molar-refractivity contribution in [3.8, 4) is 5.88 Å². The average Bonchev–Trinajstić information content (AvgIpc) is 3.15. The summed E-state index contributed by atoms with van der Waals surface area (Å²) in [5.41, 5.74) is 5.36. The fourth-order valence-electron chi connectivity index (χ4n) is 3.73. The molecular weight excluding hydrogens is 468 g/mol. The molecule has 1 saturated heterocycles. The number of urea groups is 1. The smallest absolute Gasteiger partial charge is 0.319 e. The number of aliphatic hydroxyl groups is 1. The Hall–Kier alpha value is -2.83. The zero-order valence-electron chi connectivity index (χ0n) is 18.9. The third kappa shape index (κ3) is 7.08. The van der Waals surface area contributed by atoms with Crippen LogP contribution in [0.15, 0.2) is 12.1 Å². The molecule has 0 bridgehead atoms. The van der Waals surface area contributed by atoms with Crippen LogP contribution < -0.4 is 21.1 Å². The van der Waals surface area contributed by atoms with E-state index in [4.69, 9.17) is 10.5 Å². The SMILES string of the molecule is Cc1cc(F)c(COc2nsc(NC(=O)NCCCCN3CCCC(O)C3)c2C(N)=O)c(F)c1. The Morgan fingerprint density at radius 2 is 2.06 bits per heavy atom. The number of likely N-dealkylation sites (tertiary alicyclic amines) is 1. The largest absolute Gasteiger partial charge is 0.471 e. The summed E-state index contributed by atoms with van der Waals surface area (Å²) >= 11 is 0.776. The predicted octanol–water partition coefficient (Wildman–Crippen LogP) is 2.77. The highest BCUT2D eigenvalue weighted by Crippen LogP contribution is 2.31. The summed E-state index contributed by atoms with van der Waals surface area (Å²) in [5, 5.41) is 15.0. The van der Waals surface area contributed by atoms with Crippen LogP contribution in [0, 0.1) is 18.6 Å². The highest BCUT2D eigenvalue weighted by atomic mass is 32.1. The van der Waals surface area contributed by atoms with E-state index in [1.54, 1.807) is 6.92 Å². The van der Waals surface area contributed by atoms with Gasteiger partial charge in [0.15, 0.2) is 0 Å².